The summed E-state index contributed by atoms with van der Waals surface area (Å²) in [5, 5.41) is 9.19. The fourth-order valence-corrected chi connectivity index (χ4v) is 3.09. The maximum atomic E-state index is 12.3. The van der Waals surface area contributed by atoms with Gasteiger partial charge >= 0.3 is 0 Å². The second-order valence-electron chi connectivity index (χ2n) is 3.84. The molecule has 0 aliphatic carbocycles. The van der Waals surface area contributed by atoms with E-state index in [-0.39, 0.29) is 15.5 Å². The molecule has 0 bridgehead atoms. The van der Waals surface area contributed by atoms with E-state index in [1.54, 1.807) is 19.2 Å². The minimum absolute atomic E-state index is 0.0232. The van der Waals surface area contributed by atoms with Gasteiger partial charge in [0.15, 0.2) is 0 Å². The van der Waals surface area contributed by atoms with Crippen LogP contribution in [0.2, 0.25) is 0 Å². The molecule has 0 aliphatic heterocycles. The largest absolute Gasteiger partial charge is 0.508 e. The minimum atomic E-state index is -3.59. The lowest BCUT2D eigenvalue weighted by Gasteiger charge is -2.05. The van der Waals surface area contributed by atoms with Crippen molar-refractivity contribution in [1.82, 2.24) is 0 Å². The first-order valence-electron chi connectivity index (χ1n) is 5.64. The van der Waals surface area contributed by atoms with E-state index in [2.05, 4.69) is 4.74 Å². The van der Waals surface area contributed by atoms with E-state index >= 15 is 0 Å². The first-order valence-corrected chi connectivity index (χ1v) is 7.89. The van der Waals surface area contributed by atoms with Crippen LogP contribution in [0.5, 0.6) is 11.5 Å². The summed E-state index contributed by atoms with van der Waals surface area (Å²) in [4.78, 5) is 0.297. The average Bonchev–Trinajstić information content (AvgIpc) is 2.46. The third-order valence-corrected chi connectivity index (χ3v) is 4.75. The van der Waals surface area contributed by atoms with E-state index in [9.17, 15) is 13.5 Å². The van der Waals surface area contributed by atoms with Crippen molar-refractivity contribution in [1.29, 1.82) is 0 Å². The van der Waals surface area contributed by atoms with E-state index in [0.717, 1.165) is 0 Å². The van der Waals surface area contributed by atoms with Gasteiger partial charge in [-0.3, -0.25) is 0 Å². The molecule has 7 heteroatoms. The Balaban J connectivity index is 2.32. The molecule has 0 unspecified atom stereocenters. The number of aromatic hydroxyl groups is 1. The van der Waals surface area contributed by atoms with Gasteiger partial charge in [0.2, 0.25) is 18.4 Å². The molecular weight excluding hydrogens is 297 g/mol. The topological polar surface area (TPSA) is 76.0 Å². The molecule has 0 aliphatic rings. The molecule has 20 heavy (non-hydrogen) atoms. The lowest BCUT2D eigenvalue weighted by atomic mass is 10.3. The van der Waals surface area contributed by atoms with Gasteiger partial charge < -0.3 is 9.63 Å². The highest BCUT2D eigenvalue weighted by Gasteiger charge is 2.17. The Hall–Kier alpha value is -1.91. The van der Waals surface area contributed by atoms with Crippen molar-refractivity contribution in [2.45, 2.75) is 9.79 Å². The molecule has 0 heterocycles. The van der Waals surface area contributed by atoms with Gasteiger partial charge in [-0.05, 0) is 48.5 Å². The third kappa shape index (κ3) is 3.15. The Bertz CT molecular complexity index is 709. The predicted molar refractivity (Wildman–Crippen MR) is 75.9 cm³/mol. The first kappa shape index (κ1) is 14.5. The lowest BCUT2D eigenvalue weighted by Crippen LogP contribution is -2.01. The SMILES string of the molecule is CN=POc1ccc(S(=O)(=O)c2ccc(O)cc2)cc1. The molecule has 0 fully saturated rings. The molecule has 0 saturated carbocycles. The van der Waals surface area contributed by atoms with E-state index < -0.39 is 9.84 Å². The van der Waals surface area contributed by atoms with Crippen LogP contribution in [0.25, 0.3) is 0 Å². The number of nitrogens with zero attached hydrogens (tertiary/aromatic N) is 1. The molecule has 0 aromatic heterocycles. The van der Waals surface area contributed by atoms with Crippen LogP contribution >= 0.6 is 8.60 Å². The Morgan fingerprint density at radius 1 is 1.00 bits per heavy atom. The maximum Gasteiger partial charge on any atom is 0.241 e. The van der Waals surface area contributed by atoms with Crippen LogP contribution < -0.4 is 4.52 Å². The second-order valence-corrected chi connectivity index (χ2v) is 6.54. The normalized spacial score (nSPS) is 11.7. The summed E-state index contributed by atoms with van der Waals surface area (Å²) in [6.07, 6.45) is 0. The Morgan fingerprint density at radius 2 is 1.50 bits per heavy atom. The third-order valence-electron chi connectivity index (χ3n) is 2.51. The second kappa shape index (κ2) is 6.03. The van der Waals surface area contributed by atoms with Crippen LogP contribution in [0, 0.1) is 0 Å². The van der Waals surface area contributed by atoms with Crippen LogP contribution in [-0.2, 0) is 9.84 Å². The number of sulfone groups is 1. The van der Waals surface area contributed by atoms with Gasteiger partial charge in [-0.15, -0.1) is 0 Å². The first-order chi connectivity index (χ1) is 9.54. The summed E-state index contributed by atoms with van der Waals surface area (Å²) in [7, 11) is -1.51. The summed E-state index contributed by atoms with van der Waals surface area (Å²) >= 11 is 0. The van der Waals surface area contributed by atoms with E-state index in [0.29, 0.717) is 14.3 Å². The Labute approximate surface area is 118 Å². The van der Waals surface area contributed by atoms with E-state index in [4.69, 9.17) is 4.52 Å². The van der Waals surface area contributed by atoms with Crippen molar-refractivity contribution in [3.8, 4) is 11.5 Å². The molecule has 5 nitrogen and oxygen atoms in total. The number of hydrogen-bond donors (Lipinski definition) is 1. The molecule has 0 radical (unpaired) electrons. The van der Waals surface area contributed by atoms with Crippen molar-refractivity contribution >= 4 is 18.4 Å². The predicted octanol–water partition coefficient (Wildman–Crippen LogP) is 3.28. The summed E-state index contributed by atoms with van der Waals surface area (Å²) in [5.41, 5.74) is 0. The maximum absolute atomic E-state index is 12.3. The quantitative estimate of drug-likeness (QED) is 0.879. The highest BCUT2D eigenvalue weighted by Crippen LogP contribution is 2.25. The molecule has 2 rings (SSSR count). The molecular formula is C13H12NO4PS. The number of phenolic OH excluding ortho intramolecular Hbond substituents is 1. The fourth-order valence-electron chi connectivity index (χ4n) is 1.53. The molecule has 0 spiro atoms. The van der Waals surface area contributed by atoms with Gasteiger partial charge in [0.1, 0.15) is 11.5 Å². The summed E-state index contributed by atoms with van der Waals surface area (Å²) in [5.74, 6) is 0.567. The average molecular weight is 309 g/mol. The Kier molecular flexibility index (Phi) is 4.37. The number of rotatable bonds is 4. The van der Waals surface area contributed by atoms with Gasteiger partial charge in [-0.2, -0.15) is 0 Å². The van der Waals surface area contributed by atoms with Crippen molar-refractivity contribution in [3.63, 3.8) is 0 Å². The molecule has 0 amide bonds. The van der Waals surface area contributed by atoms with Crippen molar-refractivity contribution < 1.29 is 18.0 Å². The smallest absolute Gasteiger partial charge is 0.241 e. The summed E-state index contributed by atoms with van der Waals surface area (Å²) < 4.78 is 33.6. The molecule has 104 valence electrons. The number of benzene rings is 2. The van der Waals surface area contributed by atoms with Crippen molar-refractivity contribution in [2.24, 2.45) is 4.74 Å². The van der Waals surface area contributed by atoms with Crippen LogP contribution in [0.3, 0.4) is 0 Å². The summed E-state index contributed by atoms with van der Waals surface area (Å²) in [6, 6.07) is 11.5. The van der Waals surface area contributed by atoms with Gasteiger partial charge in [0, 0.05) is 7.05 Å². The van der Waals surface area contributed by atoms with Crippen LogP contribution in [0.4, 0.5) is 0 Å². The number of phenols is 1. The molecule has 2 aromatic rings. The van der Waals surface area contributed by atoms with Gasteiger partial charge in [0.25, 0.3) is 0 Å². The zero-order valence-corrected chi connectivity index (χ0v) is 12.3. The Morgan fingerprint density at radius 3 is 2.00 bits per heavy atom. The number of hydrogen-bond acceptors (Lipinski definition) is 5. The van der Waals surface area contributed by atoms with Crippen molar-refractivity contribution in [3.05, 3.63) is 48.5 Å². The fraction of sp³-hybridized carbons (Fsp3) is 0.0769. The molecule has 0 atom stereocenters. The van der Waals surface area contributed by atoms with E-state index in [1.807, 2.05) is 0 Å². The van der Waals surface area contributed by atoms with Gasteiger partial charge in [-0.25, -0.2) is 13.2 Å². The molecule has 1 N–H and O–H groups in total. The molecule has 2 aromatic carbocycles. The zero-order chi connectivity index (χ0) is 14.6. The monoisotopic (exact) mass is 309 g/mol. The lowest BCUT2D eigenvalue weighted by molar-refractivity contribution is 0.475. The standard InChI is InChI=1S/C13H12NO4PS/c1-14-19-18-11-4-8-13(9-5-11)20(16,17)12-6-2-10(15)3-7-12/h2-9,15H,1H3. The highest BCUT2D eigenvalue weighted by atomic mass is 32.2. The zero-order valence-electron chi connectivity index (χ0n) is 10.6. The van der Waals surface area contributed by atoms with Crippen molar-refractivity contribution in [2.75, 3.05) is 7.05 Å². The highest BCUT2D eigenvalue weighted by molar-refractivity contribution is 7.91. The van der Waals surface area contributed by atoms with Crippen LogP contribution in [0.15, 0.2) is 63.1 Å². The van der Waals surface area contributed by atoms with Gasteiger partial charge in [-0.1, -0.05) is 0 Å². The molecule has 0 saturated heterocycles. The van der Waals surface area contributed by atoms with Gasteiger partial charge in [0.05, 0.1) is 9.79 Å². The van der Waals surface area contributed by atoms with Crippen LogP contribution in [-0.4, -0.2) is 20.6 Å². The van der Waals surface area contributed by atoms with Crippen LogP contribution in [0.1, 0.15) is 0 Å². The van der Waals surface area contributed by atoms with E-state index in [1.165, 1.54) is 36.4 Å². The minimum Gasteiger partial charge on any atom is -0.508 e. The summed E-state index contributed by atoms with van der Waals surface area (Å²) in [6.45, 7) is 0.